The molecule has 1 heterocycles. The Morgan fingerprint density at radius 2 is 1.91 bits per heavy atom. The third kappa shape index (κ3) is 5.55. The molecule has 0 saturated heterocycles. The van der Waals surface area contributed by atoms with Crippen molar-refractivity contribution in [1.29, 1.82) is 0 Å². The molecule has 35 heavy (non-hydrogen) atoms. The lowest BCUT2D eigenvalue weighted by atomic mass is 9.97. The number of methoxy groups -OCH3 is 1. The quantitative estimate of drug-likeness (QED) is 0.183. The fourth-order valence-corrected chi connectivity index (χ4v) is 3.91. The standard InChI is InChI=1S/C26H31NO8/c1-14(2)9-10-33-21-12-16(5)23(27(30)31)18-13-34-26(29)22-20(35-24(18)21)8-7-17(25(22)32-6)19(28)11-15(3)4/h7-8,12,14-15H,9-11,13H2,1-6H3. The molecule has 2 aromatic carbocycles. The van der Waals surface area contributed by atoms with Crippen LogP contribution in [-0.2, 0) is 11.3 Å². The first-order chi connectivity index (χ1) is 16.5. The van der Waals surface area contributed by atoms with Gasteiger partial charge in [0.25, 0.3) is 5.69 Å². The number of hydrogen-bond acceptors (Lipinski definition) is 8. The molecule has 0 saturated carbocycles. The molecule has 0 aliphatic carbocycles. The number of rotatable bonds is 9. The largest absolute Gasteiger partial charge is 0.495 e. The van der Waals surface area contributed by atoms with Crippen LogP contribution in [0.15, 0.2) is 18.2 Å². The van der Waals surface area contributed by atoms with E-state index in [1.165, 1.54) is 19.2 Å². The molecule has 0 radical (unpaired) electrons. The van der Waals surface area contributed by atoms with E-state index in [0.29, 0.717) is 23.8 Å². The van der Waals surface area contributed by atoms with E-state index < -0.39 is 17.5 Å². The molecule has 0 unspecified atom stereocenters. The Kier molecular flexibility index (Phi) is 7.99. The van der Waals surface area contributed by atoms with Gasteiger partial charge < -0.3 is 18.9 Å². The van der Waals surface area contributed by atoms with Crippen molar-refractivity contribution >= 4 is 17.4 Å². The summed E-state index contributed by atoms with van der Waals surface area (Å²) < 4.78 is 23.0. The normalized spacial score (nSPS) is 12.7. The highest BCUT2D eigenvalue weighted by molar-refractivity contribution is 6.05. The van der Waals surface area contributed by atoms with Crippen LogP contribution in [0, 0.1) is 28.9 Å². The lowest BCUT2D eigenvalue weighted by Crippen LogP contribution is -2.17. The predicted molar refractivity (Wildman–Crippen MR) is 129 cm³/mol. The van der Waals surface area contributed by atoms with Crippen LogP contribution < -0.4 is 14.2 Å². The number of carbonyl (C=O) groups excluding carboxylic acids is 2. The van der Waals surface area contributed by atoms with Gasteiger partial charge in [0, 0.05) is 12.0 Å². The van der Waals surface area contributed by atoms with Crippen molar-refractivity contribution in [3.63, 3.8) is 0 Å². The molecule has 0 spiro atoms. The van der Waals surface area contributed by atoms with Gasteiger partial charge in [-0.05, 0) is 43.4 Å². The van der Waals surface area contributed by atoms with Gasteiger partial charge in [-0.15, -0.1) is 0 Å². The van der Waals surface area contributed by atoms with Gasteiger partial charge in [0.15, 0.2) is 17.3 Å². The van der Waals surface area contributed by atoms with Crippen LogP contribution in [0.4, 0.5) is 5.69 Å². The summed E-state index contributed by atoms with van der Waals surface area (Å²) in [6.45, 7) is 9.53. The molecule has 0 atom stereocenters. The first-order valence-electron chi connectivity index (χ1n) is 11.6. The smallest absolute Gasteiger partial charge is 0.346 e. The van der Waals surface area contributed by atoms with Crippen LogP contribution in [-0.4, -0.2) is 30.4 Å². The highest BCUT2D eigenvalue weighted by Gasteiger charge is 2.34. The van der Waals surface area contributed by atoms with E-state index in [9.17, 15) is 19.7 Å². The Labute approximate surface area is 204 Å². The number of benzene rings is 2. The van der Waals surface area contributed by atoms with E-state index in [1.807, 2.05) is 13.8 Å². The fourth-order valence-electron chi connectivity index (χ4n) is 3.91. The molecule has 0 amide bonds. The van der Waals surface area contributed by atoms with Crippen LogP contribution >= 0.6 is 0 Å². The molecule has 188 valence electrons. The van der Waals surface area contributed by atoms with E-state index in [-0.39, 0.29) is 57.7 Å². The second kappa shape index (κ2) is 10.8. The number of nitro benzene ring substituents is 1. The highest BCUT2D eigenvalue weighted by atomic mass is 16.6. The molecule has 9 heteroatoms. The summed E-state index contributed by atoms with van der Waals surface area (Å²) in [6, 6.07) is 4.56. The zero-order valence-electron chi connectivity index (χ0n) is 20.9. The Hall–Kier alpha value is -3.62. The Morgan fingerprint density at radius 3 is 2.51 bits per heavy atom. The molecular weight excluding hydrogens is 454 g/mol. The van der Waals surface area contributed by atoms with Crippen LogP contribution in [0.5, 0.6) is 23.0 Å². The number of carbonyl (C=O) groups is 2. The van der Waals surface area contributed by atoms with Crippen molar-refractivity contribution in [2.45, 2.75) is 54.1 Å². The van der Waals surface area contributed by atoms with E-state index in [1.54, 1.807) is 13.0 Å². The average Bonchev–Trinajstić information content (AvgIpc) is 2.76. The van der Waals surface area contributed by atoms with Crippen LogP contribution in [0.25, 0.3) is 0 Å². The first-order valence-corrected chi connectivity index (χ1v) is 11.6. The molecular formula is C26H31NO8. The molecule has 1 aliphatic rings. The molecule has 9 nitrogen and oxygen atoms in total. The maximum absolute atomic E-state index is 13.0. The topological polar surface area (TPSA) is 114 Å². The van der Waals surface area contributed by atoms with Crippen LogP contribution in [0.1, 0.15) is 72.4 Å². The third-order valence-electron chi connectivity index (χ3n) is 5.62. The number of hydrogen-bond donors (Lipinski definition) is 0. The number of cyclic esters (lactones) is 1. The van der Waals surface area contributed by atoms with E-state index in [4.69, 9.17) is 18.9 Å². The second-order valence-corrected chi connectivity index (χ2v) is 9.35. The number of aryl methyl sites for hydroxylation is 1. The zero-order valence-corrected chi connectivity index (χ0v) is 20.9. The van der Waals surface area contributed by atoms with Crippen molar-refractivity contribution in [3.8, 4) is 23.0 Å². The van der Waals surface area contributed by atoms with Gasteiger partial charge in [0.1, 0.15) is 29.2 Å². The van der Waals surface area contributed by atoms with Gasteiger partial charge in [0.2, 0.25) is 0 Å². The average molecular weight is 486 g/mol. The molecule has 1 aliphatic heterocycles. The number of esters is 1. The van der Waals surface area contributed by atoms with Gasteiger partial charge in [-0.2, -0.15) is 0 Å². The summed E-state index contributed by atoms with van der Waals surface area (Å²) >= 11 is 0. The van der Waals surface area contributed by atoms with Gasteiger partial charge in [0.05, 0.1) is 24.2 Å². The maximum Gasteiger partial charge on any atom is 0.346 e. The SMILES string of the molecule is COc1c(C(=O)CC(C)C)ccc2c1C(=O)OCc1c(c(OCCC(C)C)cc(C)c1[N+](=O)[O-])O2. The van der Waals surface area contributed by atoms with Crippen molar-refractivity contribution in [2.24, 2.45) is 11.8 Å². The molecule has 0 aromatic heterocycles. The molecule has 0 bridgehead atoms. The van der Waals surface area contributed by atoms with Crippen molar-refractivity contribution in [3.05, 3.63) is 50.6 Å². The number of Topliss-reactive ketones (excluding diaryl/α,β-unsaturated/α-hetero) is 1. The lowest BCUT2D eigenvalue weighted by molar-refractivity contribution is -0.386. The summed E-state index contributed by atoms with van der Waals surface area (Å²) in [4.78, 5) is 37.2. The zero-order chi connectivity index (χ0) is 25.9. The first kappa shape index (κ1) is 26.0. The summed E-state index contributed by atoms with van der Waals surface area (Å²) in [5.41, 5.74) is 0.449. The van der Waals surface area contributed by atoms with Gasteiger partial charge in [-0.3, -0.25) is 14.9 Å². The van der Waals surface area contributed by atoms with Crippen LogP contribution in [0.2, 0.25) is 0 Å². The maximum atomic E-state index is 13.0. The van der Waals surface area contributed by atoms with Gasteiger partial charge >= 0.3 is 5.97 Å². The monoisotopic (exact) mass is 485 g/mol. The van der Waals surface area contributed by atoms with Crippen molar-refractivity contribution in [1.82, 2.24) is 0 Å². The molecule has 2 aromatic rings. The second-order valence-electron chi connectivity index (χ2n) is 9.35. The lowest BCUT2D eigenvalue weighted by Gasteiger charge is -2.23. The van der Waals surface area contributed by atoms with E-state index in [0.717, 1.165) is 6.42 Å². The molecule has 0 fully saturated rings. The number of fused-ring (bicyclic) bond motifs is 2. The summed E-state index contributed by atoms with van der Waals surface area (Å²) in [7, 11) is 1.36. The minimum absolute atomic E-state index is 0.0467. The Morgan fingerprint density at radius 1 is 1.20 bits per heavy atom. The number of nitrogens with zero attached hydrogens (tertiary/aromatic N) is 1. The Balaban J connectivity index is 2.18. The predicted octanol–water partition coefficient (Wildman–Crippen LogP) is 6.03. The highest BCUT2D eigenvalue weighted by Crippen LogP contribution is 2.46. The van der Waals surface area contributed by atoms with Gasteiger partial charge in [-0.1, -0.05) is 27.7 Å². The molecule has 3 rings (SSSR count). The summed E-state index contributed by atoms with van der Waals surface area (Å²) in [6.07, 6.45) is 1.04. The summed E-state index contributed by atoms with van der Waals surface area (Å²) in [5, 5.41) is 11.9. The number of ether oxygens (including phenoxy) is 4. The number of ketones is 1. The summed E-state index contributed by atoms with van der Waals surface area (Å²) in [5.74, 6) is 0.0304. The number of nitro groups is 1. The third-order valence-corrected chi connectivity index (χ3v) is 5.62. The van der Waals surface area contributed by atoms with Gasteiger partial charge in [-0.25, -0.2) is 4.79 Å². The van der Waals surface area contributed by atoms with Crippen molar-refractivity contribution < 1.29 is 33.5 Å². The van der Waals surface area contributed by atoms with Crippen molar-refractivity contribution in [2.75, 3.05) is 13.7 Å². The Bertz CT molecular complexity index is 1150. The van der Waals surface area contributed by atoms with E-state index >= 15 is 0 Å². The minimum Gasteiger partial charge on any atom is -0.495 e. The fraction of sp³-hybridized carbons (Fsp3) is 0.462. The van der Waals surface area contributed by atoms with Crippen LogP contribution in [0.3, 0.4) is 0 Å². The minimum atomic E-state index is -0.806. The molecule has 0 N–H and O–H groups in total. The van der Waals surface area contributed by atoms with E-state index in [2.05, 4.69) is 13.8 Å².